The summed E-state index contributed by atoms with van der Waals surface area (Å²) in [5, 5.41) is 18.5. The van der Waals surface area contributed by atoms with Gasteiger partial charge in [-0.05, 0) is 35.0 Å². The van der Waals surface area contributed by atoms with E-state index in [1.165, 1.54) is 13.1 Å². The lowest BCUT2D eigenvalue weighted by Crippen LogP contribution is -2.26. The van der Waals surface area contributed by atoms with Crippen molar-refractivity contribution in [3.8, 4) is 11.5 Å². The van der Waals surface area contributed by atoms with Gasteiger partial charge in [0.05, 0.1) is 19.2 Å². The number of amidine groups is 1. The number of hydrogen-bond donors (Lipinski definition) is 2. The maximum absolute atomic E-state index is 11.7. The summed E-state index contributed by atoms with van der Waals surface area (Å²) in [6, 6.07) is 3.21. The van der Waals surface area contributed by atoms with E-state index in [4.69, 9.17) is 14.6 Å². The van der Waals surface area contributed by atoms with Crippen LogP contribution in [0.25, 0.3) is 0 Å². The first-order valence-corrected chi connectivity index (χ1v) is 9.42. The van der Waals surface area contributed by atoms with Crippen molar-refractivity contribution in [1.29, 1.82) is 0 Å². The fraction of sp³-hybridized carbons (Fsp3) is 0.312. The lowest BCUT2D eigenvalue weighted by atomic mass is 10.2. The van der Waals surface area contributed by atoms with Crippen LogP contribution in [0.3, 0.4) is 0 Å². The Balaban J connectivity index is 2.16. The van der Waals surface area contributed by atoms with Crippen LogP contribution >= 0.6 is 27.7 Å². The number of hydrogen-bond acceptors (Lipinski definition) is 8. The highest BCUT2D eigenvalue weighted by molar-refractivity contribution is 9.10. The molecule has 0 saturated carbocycles. The van der Waals surface area contributed by atoms with Crippen LogP contribution in [0.1, 0.15) is 25.8 Å². The molecule has 1 aliphatic heterocycles. The smallest absolute Gasteiger partial charge is 0.308 e. The van der Waals surface area contributed by atoms with Crippen LogP contribution in [0.4, 0.5) is 0 Å². The number of nitrogens with zero attached hydrogens (tertiary/aromatic N) is 2. The Bertz CT molecular complexity index is 827. The van der Waals surface area contributed by atoms with Gasteiger partial charge in [-0.1, -0.05) is 11.8 Å². The highest BCUT2D eigenvalue weighted by Gasteiger charge is 2.32. The van der Waals surface area contributed by atoms with Gasteiger partial charge in [0.2, 0.25) is 5.91 Å². The van der Waals surface area contributed by atoms with Crippen LogP contribution in [0.2, 0.25) is 0 Å². The molecule has 1 unspecified atom stereocenters. The molecule has 1 amide bonds. The topological polar surface area (TPSA) is 127 Å². The number of ether oxygens (including phenoxy) is 2. The molecule has 1 fully saturated rings. The number of carbonyl (C=O) groups excluding carboxylic acids is 2. The van der Waals surface area contributed by atoms with Crippen LogP contribution in [-0.4, -0.2) is 46.2 Å². The van der Waals surface area contributed by atoms with Crippen LogP contribution in [0.5, 0.6) is 11.5 Å². The van der Waals surface area contributed by atoms with E-state index in [1.807, 2.05) is 0 Å². The van der Waals surface area contributed by atoms with Crippen molar-refractivity contribution in [2.75, 3.05) is 6.61 Å². The fourth-order valence-electron chi connectivity index (χ4n) is 2.04. The Morgan fingerprint density at radius 3 is 2.78 bits per heavy atom. The average molecular weight is 458 g/mol. The number of rotatable bonds is 7. The summed E-state index contributed by atoms with van der Waals surface area (Å²) in [6.45, 7) is 3.47. The molecular weight excluding hydrogens is 442 g/mol. The van der Waals surface area contributed by atoms with E-state index >= 15 is 0 Å². The number of carbonyl (C=O) groups is 3. The van der Waals surface area contributed by atoms with Gasteiger partial charge < -0.3 is 19.9 Å². The van der Waals surface area contributed by atoms with Gasteiger partial charge in [0.1, 0.15) is 5.25 Å². The van der Waals surface area contributed by atoms with E-state index < -0.39 is 23.1 Å². The quantitative estimate of drug-likeness (QED) is 0.278. The molecule has 1 aromatic carbocycles. The largest absolute Gasteiger partial charge is 0.490 e. The number of nitrogens with one attached hydrogen (secondary N) is 1. The second kappa shape index (κ2) is 9.51. The summed E-state index contributed by atoms with van der Waals surface area (Å²) >= 11 is 4.36. The molecule has 9 nitrogen and oxygen atoms in total. The average Bonchev–Trinajstić information content (AvgIpc) is 2.90. The predicted octanol–water partition coefficient (Wildman–Crippen LogP) is 2.17. The van der Waals surface area contributed by atoms with Crippen LogP contribution in [-0.2, 0) is 14.4 Å². The van der Waals surface area contributed by atoms with Crippen molar-refractivity contribution < 1.29 is 29.0 Å². The Morgan fingerprint density at radius 2 is 2.15 bits per heavy atom. The summed E-state index contributed by atoms with van der Waals surface area (Å²) in [4.78, 5) is 33.6. The number of esters is 1. The molecule has 1 heterocycles. The van der Waals surface area contributed by atoms with E-state index in [-0.39, 0.29) is 17.3 Å². The third-order valence-corrected chi connectivity index (χ3v) is 4.86. The lowest BCUT2D eigenvalue weighted by Gasteiger charge is -2.11. The number of carboxylic acids is 1. The lowest BCUT2D eigenvalue weighted by molar-refractivity contribution is -0.138. The number of halogens is 1. The predicted molar refractivity (Wildman–Crippen MR) is 103 cm³/mol. The molecule has 1 aromatic rings. The molecule has 0 aromatic heterocycles. The standard InChI is InChI=1S/C16H16BrN3O6S/c1-3-25-11-4-9(10(17)5-12(11)26-8(2)21)7-18-20-16-19-15(24)13(27-16)6-14(22)23/h4-5,7,13H,3,6H2,1-2H3,(H,22,23)(H,19,20,24). The first-order valence-electron chi connectivity index (χ1n) is 7.75. The molecule has 0 bridgehead atoms. The minimum absolute atomic E-state index is 0.222. The third-order valence-electron chi connectivity index (χ3n) is 3.10. The van der Waals surface area contributed by atoms with Gasteiger partial charge in [0.25, 0.3) is 0 Å². The molecule has 1 aliphatic rings. The second-order valence-electron chi connectivity index (χ2n) is 5.19. The SMILES string of the molecule is CCOc1cc(C=NN=C2NC(=O)C(CC(=O)O)S2)c(Br)cc1OC(C)=O. The van der Waals surface area contributed by atoms with Crippen molar-refractivity contribution in [2.24, 2.45) is 10.2 Å². The molecular formula is C16H16BrN3O6S. The summed E-state index contributed by atoms with van der Waals surface area (Å²) < 4.78 is 11.2. The normalized spacial score (nSPS) is 18.0. The zero-order chi connectivity index (χ0) is 20.0. The Kier molecular flexibility index (Phi) is 7.36. The number of amides is 1. The van der Waals surface area contributed by atoms with Gasteiger partial charge in [-0.25, -0.2) is 0 Å². The van der Waals surface area contributed by atoms with Gasteiger partial charge in [0.15, 0.2) is 16.7 Å². The minimum atomic E-state index is -1.06. The molecule has 1 atom stereocenters. The third kappa shape index (κ3) is 6.07. The highest BCUT2D eigenvalue weighted by Crippen LogP contribution is 2.33. The zero-order valence-corrected chi connectivity index (χ0v) is 16.8. The minimum Gasteiger partial charge on any atom is -0.490 e. The molecule has 11 heteroatoms. The molecule has 1 saturated heterocycles. The molecule has 0 radical (unpaired) electrons. The van der Waals surface area contributed by atoms with E-state index in [1.54, 1.807) is 19.1 Å². The molecule has 0 aliphatic carbocycles. The van der Waals surface area contributed by atoms with Crippen LogP contribution in [0.15, 0.2) is 26.8 Å². The summed E-state index contributed by atoms with van der Waals surface area (Å²) in [7, 11) is 0. The van der Waals surface area contributed by atoms with E-state index in [2.05, 4.69) is 31.4 Å². The number of aliphatic carboxylic acids is 1. The van der Waals surface area contributed by atoms with Crippen LogP contribution < -0.4 is 14.8 Å². The molecule has 2 N–H and O–H groups in total. The van der Waals surface area contributed by atoms with Gasteiger partial charge in [-0.3, -0.25) is 14.4 Å². The van der Waals surface area contributed by atoms with Gasteiger partial charge in [-0.15, -0.1) is 5.10 Å². The maximum atomic E-state index is 11.7. The van der Waals surface area contributed by atoms with Crippen molar-refractivity contribution in [3.05, 3.63) is 22.2 Å². The van der Waals surface area contributed by atoms with Crippen molar-refractivity contribution >= 4 is 56.9 Å². The Labute approximate surface area is 167 Å². The van der Waals surface area contributed by atoms with Gasteiger partial charge >= 0.3 is 11.9 Å². The van der Waals surface area contributed by atoms with E-state index in [0.717, 1.165) is 11.8 Å². The van der Waals surface area contributed by atoms with Crippen molar-refractivity contribution in [3.63, 3.8) is 0 Å². The van der Waals surface area contributed by atoms with Crippen molar-refractivity contribution in [1.82, 2.24) is 5.32 Å². The zero-order valence-electron chi connectivity index (χ0n) is 14.4. The number of carboxylic acid groups (broad SMARTS) is 1. The highest BCUT2D eigenvalue weighted by atomic mass is 79.9. The summed E-state index contributed by atoms with van der Waals surface area (Å²) in [6.07, 6.45) is 1.13. The van der Waals surface area contributed by atoms with E-state index in [0.29, 0.717) is 22.4 Å². The summed E-state index contributed by atoms with van der Waals surface area (Å²) in [5.74, 6) is -1.31. The van der Waals surface area contributed by atoms with E-state index in [9.17, 15) is 14.4 Å². The monoisotopic (exact) mass is 457 g/mol. The molecule has 27 heavy (non-hydrogen) atoms. The fourth-order valence-corrected chi connectivity index (χ4v) is 3.38. The molecule has 0 spiro atoms. The van der Waals surface area contributed by atoms with Gasteiger partial charge in [0, 0.05) is 17.0 Å². The maximum Gasteiger partial charge on any atom is 0.308 e. The molecule has 2 rings (SSSR count). The number of benzene rings is 1. The Hall–Kier alpha value is -2.40. The molecule has 144 valence electrons. The number of thioether (sulfide) groups is 1. The first kappa shape index (κ1) is 20.9. The van der Waals surface area contributed by atoms with Crippen molar-refractivity contribution in [2.45, 2.75) is 25.5 Å². The summed E-state index contributed by atoms with van der Waals surface area (Å²) in [5.41, 5.74) is 0.607. The van der Waals surface area contributed by atoms with Crippen LogP contribution in [0, 0.1) is 0 Å². The second-order valence-corrected chi connectivity index (χ2v) is 7.24. The van der Waals surface area contributed by atoms with Gasteiger partial charge in [-0.2, -0.15) is 5.10 Å². The Morgan fingerprint density at radius 1 is 1.41 bits per heavy atom. The first-order chi connectivity index (χ1) is 12.8.